The maximum absolute atomic E-state index is 13.4. The van der Waals surface area contributed by atoms with Gasteiger partial charge in [-0.1, -0.05) is 37.3 Å². The maximum Gasteiger partial charge on any atom is 0.417 e. The second-order valence-corrected chi connectivity index (χ2v) is 6.44. The molecule has 0 heterocycles. The van der Waals surface area contributed by atoms with Gasteiger partial charge >= 0.3 is 12.1 Å². The van der Waals surface area contributed by atoms with Gasteiger partial charge in [0.2, 0.25) is 5.91 Å². The monoisotopic (exact) mass is 407 g/mol. The van der Waals surface area contributed by atoms with Crippen LogP contribution in [0.2, 0.25) is 0 Å². The number of Topliss-reactive ketones (excluding diaryl/α,β-unsaturated/α-hetero) is 1. The van der Waals surface area contributed by atoms with Gasteiger partial charge in [0.1, 0.15) is 11.7 Å². The molecule has 0 saturated carbocycles. The molecule has 0 fully saturated rings. The number of carboxylic acid groups (broad SMARTS) is 1. The van der Waals surface area contributed by atoms with E-state index in [1.165, 1.54) is 4.90 Å². The van der Waals surface area contributed by atoms with Crippen LogP contribution in [0, 0.1) is 0 Å². The minimum Gasteiger partial charge on any atom is -0.478 e. The summed E-state index contributed by atoms with van der Waals surface area (Å²) in [5.74, 6) is -5.04. The van der Waals surface area contributed by atoms with Crippen molar-refractivity contribution in [1.29, 1.82) is 0 Å². The van der Waals surface area contributed by atoms with E-state index < -0.39 is 46.4 Å². The zero-order valence-electron chi connectivity index (χ0n) is 15.9. The molecule has 0 bridgehead atoms. The Kier molecular flexibility index (Phi) is 6.79. The first-order chi connectivity index (χ1) is 13.6. The van der Waals surface area contributed by atoms with Crippen LogP contribution in [-0.4, -0.2) is 29.3 Å². The molecule has 0 spiro atoms. The maximum atomic E-state index is 13.4. The molecule has 2 rings (SSSR count). The minimum atomic E-state index is -4.95. The summed E-state index contributed by atoms with van der Waals surface area (Å²) in [6, 6.07) is 11.1. The number of hydrogen-bond donors (Lipinski definition) is 1. The summed E-state index contributed by atoms with van der Waals surface area (Å²) in [7, 11) is 0. The number of aromatic carboxylic acids is 1. The molecule has 1 N–H and O–H groups in total. The fourth-order valence-electron chi connectivity index (χ4n) is 3.17. The normalized spacial score (nSPS) is 12.3. The molecule has 5 nitrogen and oxygen atoms in total. The van der Waals surface area contributed by atoms with Gasteiger partial charge in [0.15, 0.2) is 0 Å². The van der Waals surface area contributed by atoms with Crippen LogP contribution in [0.5, 0.6) is 0 Å². The number of para-hydroxylation sites is 1. The van der Waals surface area contributed by atoms with Crippen molar-refractivity contribution in [3.63, 3.8) is 0 Å². The largest absolute Gasteiger partial charge is 0.478 e. The van der Waals surface area contributed by atoms with E-state index in [4.69, 9.17) is 0 Å². The zero-order chi connectivity index (χ0) is 21.8. The third-order valence-electron chi connectivity index (χ3n) is 4.36. The quantitative estimate of drug-likeness (QED) is 0.685. The third kappa shape index (κ3) is 4.82. The number of carbonyl (C=O) groups excluding carboxylic acids is 2. The Balaban J connectivity index is 2.67. The van der Waals surface area contributed by atoms with Crippen LogP contribution in [0.1, 0.15) is 47.7 Å². The first-order valence-electron chi connectivity index (χ1n) is 8.89. The molecule has 1 atom stereocenters. The van der Waals surface area contributed by atoms with Crippen molar-refractivity contribution < 1.29 is 32.7 Å². The molecule has 154 valence electrons. The highest BCUT2D eigenvalue weighted by molar-refractivity contribution is 6.13. The molecular formula is C21H20F3NO4. The third-order valence-corrected chi connectivity index (χ3v) is 4.36. The number of benzene rings is 2. The Labute approximate surface area is 165 Å². The van der Waals surface area contributed by atoms with E-state index >= 15 is 0 Å². The molecule has 1 unspecified atom stereocenters. The zero-order valence-corrected chi connectivity index (χ0v) is 15.9. The van der Waals surface area contributed by atoms with Gasteiger partial charge in [0.25, 0.3) is 0 Å². The fourth-order valence-corrected chi connectivity index (χ4v) is 3.17. The minimum absolute atomic E-state index is 0.216. The summed E-state index contributed by atoms with van der Waals surface area (Å²) in [4.78, 5) is 38.5. The van der Waals surface area contributed by atoms with E-state index in [2.05, 4.69) is 0 Å². The summed E-state index contributed by atoms with van der Waals surface area (Å²) in [5, 5.41) is 9.45. The molecule has 0 aliphatic heterocycles. The molecule has 0 aliphatic carbocycles. The highest BCUT2D eigenvalue weighted by Gasteiger charge is 2.40. The first kappa shape index (κ1) is 22.1. The lowest BCUT2D eigenvalue weighted by atomic mass is 9.87. The Morgan fingerprint density at radius 1 is 1.03 bits per heavy atom. The van der Waals surface area contributed by atoms with Crippen molar-refractivity contribution in [2.75, 3.05) is 11.4 Å². The van der Waals surface area contributed by atoms with E-state index in [1.54, 1.807) is 37.3 Å². The highest BCUT2D eigenvalue weighted by atomic mass is 19.4. The van der Waals surface area contributed by atoms with Crippen LogP contribution in [0.25, 0.3) is 0 Å². The molecule has 2 aromatic carbocycles. The summed E-state index contributed by atoms with van der Waals surface area (Å²) in [6.45, 7) is 3.08. The van der Waals surface area contributed by atoms with Crippen LogP contribution < -0.4 is 4.90 Å². The lowest BCUT2D eigenvalue weighted by Gasteiger charge is -2.27. The lowest BCUT2D eigenvalue weighted by molar-refractivity contribution is -0.138. The van der Waals surface area contributed by atoms with Gasteiger partial charge in [0.05, 0.1) is 11.1 Å². The van der Waals surface area contributed by atoms with Crippen LogP contribution in [0.15, 0.2) is 48.5 Å². The summed E-state index contributed by atoms with van der Waals surface area (Å²) in [5.41, 5.74) is -2.49. The second kappa shape index (κ2) is 8.89. The standard InChI is InChI=1S/C21H20F3NO4/c1-3-12-25(14-8-5-4-6-9-14)19(27)17(13(2)26)15-10-7-11-16(21(22,23)24)18(15)20(28)29/h4-11,17H,3,12H2,1-2H3,(H,28,29). The number of ketones is 1. The predicted molar refractivity (Wildman–Crippen MR) is 101 cm³/mol. The smallest absolute Gasteiger partial charge is 0.417 e. The first-order valence-corrected chi connectivity index (χ1v) is 8.89. The van der Waals surface area contributed by atoms with E-state index in [0.29, 0.717) is 18.2 Å². The van der Waals surface area contributed by atoms with E-state index in [1.807, 2.05) is 0 Å². The fraction of sp³-hybridized carbons (Fsp3) is 0.286. The van der Waals surface area contributed by atoms with Crippen LogP contribution in [0.4, 0.5) is 18.9 Å². The predicted octanol–water partition coefficient (Wildman–Crippen LogP) is 4.52. The topological polar surface area (TPSA) is 74.7 Å². The van der Waals surface area contributed by atoms with Crippen molar-refractivity contribution in [2.24, 2.45) is 0 Å². The van der Waals surface area contributed by atoms with Crippen molar-refractivity contribution >= 4 is 23.3 Å². The van der Waals surface area contributed by atoms with Crippen LogP contribution >= 0.6 is 0 Å². The van der Waals surface area contributed by atoms with Crippen LogP contribution in [-0.2, 0) is 15.8 Å². The number of amides is 1. The van der Waals surface area contributed by atoms with Crippen LogP contribution in [0.3, 0.4) is 0 Å². The summed E-state index contributed by atoms with van der Waals surface area (Å²) >= 11 is 0. The molecule has 0 saturated heterocycles. The van der Waals surface area contributed by atoms with Gasteiger partial charge in [-0.25, -0.2) is 4.79 Å². The van der Waals surface area contributed by atoms with Crippen molar-refractivity contribution in [2.45, 2.75) is 32.4 Å². The average Bonchev–Trinajstić information content (AvgIpc) is 2.65. The molecular weight excluding hydrogens is 387 g/mol. The molecule has 0 radical (unpaired) electrons. The Morgan fingerprint density at radius 2 is 1.66 bits per heavy atom. The van der Waals surface area contributed by atoms with Gasteiger partial charge < -0.3 is 10.0 Å². The van der Waals surface area contributed by atoms with E-state index in [-0.39, 0.29) is 6.54 Å². The van der Waals surface area contributed by atoms with E-state index in [9.17, 15) is 32.7 Å². The molecule has 1 amide bonds. The molecule has 2 aromatic rings. The summed E-state index contributed by atoms with van der Waals surface area (Å²) in [6.07, 6.45) is -4.42. The van der Waals surface area contributed by atoms with Gasteiger partial charge in [-0.3, -0.25) is 9.59 Å². The Morgan fingerprint density at radius 3 is 2.14 bits per heavy atom. The molecule has 8 heteroatoms. The lowest BCUT2D eigenvalue weighted by Crippen LogP contribution is -2.39. The van der Waals surface area contributed by atoms with Crippen molar-refractivity contribution in [3.05, 3.63) is 65.2 Å². The number of carbonyl (C=O) groups is 3. The van der Waals surface area contributed by atoms with Crippen molar-refractivity contribution in [1.82, 2.24) is 0 Å². The number of halogens is 3. The molecule has 0 aliphatic rings. The van der Waals surface area contributed by atoms with Crippen molar-refractivity contribution in [3.8, 4) is 0 Å². The van der Waals surface area contributed by atoms with E-state index in [0.717, 1.165) is 19.1 Å². The highest BCUT2D eigenvalue weighted by Crippen LogP contribution is 2.36. The Hall–Kier alpha value is -3.16. The number of hydrogen-bond acceptors (Lipinski definition) is 3. The van der Waals surface area contributed by atoms with Gasteiger partial charge in [-0.05, 0) is 37.1 Å². The number of nitrogens with zero attached hydrogens (tertiary/aromatic N) is 1. The number of carboxylic acids is 1. The van der Waals surface area contributed by atoms with Gasteiger partial charge in [0, 0.05) is 12.2 Å². The SMILES string of the molecule is CCCN(C(=O)C(C(C)=O)c1cccc(C(F)(F)F)c1C(=O)O)c1ccccc1. The number of anilines is 1. The molecule has 29 heavy (non-hydrogen) atoms. The number of rotatable bonds is 7. The average molecular weight is 407 g/mol. The van der Waals surface area contributed by atoms with Gasteiger partial charge in [-0.15, -0.1) is 0 Å². The second-order valence-electron chi connectivity index (χ2n) is 6.44. The molecule has 0 aromatic heterocycles. The summed E-state index contributed by atoms with van der Waals surface area (Å²) < 4.78 is 40.1. The Bertz CT molecular complexity index is 910. The van der Waals surface area contributed by atoms with Gasteiger partial charge in [-0.2, -0.15) is 13.2 Å². The number of alkyl halides is 3.